The summed E-state index contributed by atoms with van der Waals surface area (Å²) in [5.74, 6) is 0.810. The first kappa shape index (κ1) is 19.2. The van der Waals surface area contributed by atoms with Gasteiger partial charge in [0.25, 0.3) is 0 Å². The zero-order valence-corrected chi connectivity index (χ0v) is 16.8. The molecule has 0 saturated carbocycles. The lowest BCUT2D eigenvalue weighted by atomic mass is 10.0. The predicted octanol–water partition coefficient (Wildman–Crippen LogP) is 3.09. The second kappa shape index (κ2) is 8.45. The number of nitrogens with zero attached hydrogens (tertiary/aromatic N) is 3. The number of hydrogen-bond acceptors (Lipinski definition) is 5. The van der Waals surface area contributed by atoms with Crippen molar-refractivity contribution in [2.24, 2.45) is 0 Å². The van der Waals surface area contributed by atoms with E-state index in [0.29, 0.717) is 17.3 Å². The fraction of sp³-hybridized carbons (Fsp3) is 0.476. The maximum Gasteiger partial charge on any atom is 0.237 e. The number of fused-ring (bicyclic) bond motifs is 1. The monoisotopic (exact) mass is 400 g/mol. The maximum atomic E-state index is 12.6. The average molecular weight is 401 g/mol. The molecule has 6 nitrogen and oxygen atoms in total. The summed E-state index contributed by atoms with van der Waals surface area (Å²) in [5.41, 5.74) is 2.94. The number of aromatic nitrogens is 2. The van der Waals surface area contributed by atoms with Crippen molar-refractivity contribution in [1.29, 1.82) is 0 Å². The number of carbonyl (C=O) groups excluding carboxylic acids is 1. The van der Waals surface area contributed by atoms with Gasteiger partial charge in [-0.3, -0.25) is 9.69 Å². The van der Waals surface area contributed by atoms with E-state index in [9.17, 15) is 4.79 Å². The summed E-state index contributed by atoms with van der Waals surface area (Å²) >= 11 is 6.45. The molecule has 4 rings (SSSR count). The lowest BCUT2D eigenvalue weighted by molar-refractivity contribution is -0.126. The van der Waals surface area contributed by atoms with Crippen LogP contribution in [-0.2, 0) is 11.2 Å². The molecule has 1 N–H and O–H groups in total. The van der Waals surface area contributed by atoms with Crippen LogP contribution in [-0.4, -0.2) is 53.1 Å². The quantitative estimate of drug-likeness (QED) is 0.854. The summed E-state index contributed by atoms with van der Waals surface area (Å²) in [6, 6.07) is 3.90. The summed E-state index contributed by atoms with van der Waals surface area (Å²) in [6.07, 6.45) is 10.0. The number of nitrogens with one attached hydrogen (secondary N) is 1. The molecule has 0 radical (unpaired) electrons. The first-order valence-corrected chi connectivity index (χ1v) is 10.2. The van der Waals surface area contributed by atoms with Crippen LogP contribution in [0.15, 0.2) is 30.9 Å². The Kier molecular flexibility index (Phi) is 5.78. The van der Waals surface area contributed by atoms with Gasteiger partial charge in [0.05, 0.1) is 17.6 Å². The minimum Gasteiger partial charge on any atom is -0.486 e. The first-order chi connectivity index (χ1) is 13.6. The maximum absolute atomic E-state index is 12.6. The molecule has 148 valence electrons. The second-order valence-electron chi connectivity index (χ2n) is 7.61. The van der Waals surface area contributed by atoms with E-state index >= 15 is 0 Å². The molecule has 2 aliphatic heterocycles. The van der Waals surface area contributed by atoms with Gasteiger partial charge >= 0.3 is 0 Å². The molecule has 28 heavy (non-hydrogen) atoms. The van der Waals surface area contributed by atoms with Crippen LogP contribution in [0.2, 0.25) is 5.02 Å². The average Bonchev–Trinajstić information content (AvgIpc) is 3.01. The SMILES string of the molecule is CN1CCCCCC1C(=O)NCC1Cc2cc(-c3cncnc3)cc(Cl)c2O1. The van der Waals surface area contributed by atoms with Crippen LogP contribution in [0.4, 0.5) is 0 Å². The van der Waals surface area contributed by atoms with Crippen LogP contribution >= 0.6 is 11.6 Å². The fourth-order valence-corrected chi connectivity index (χ4v) is 4.32. The van der Waals surface area contributed by atoms with Crippen molar-refractivity contribution in [3.05, 3.63) is 41.4 Å². The topological polar surface area (TPSA) is 67.4 Å². The predicted molar refractivity (Wildman–Crippen MR) is 108 cm³/mol. The van der Waals surface area contributed by atoms with E-state index < -0.39 is 0 Å². The zero-order chi connectivity index (χ0) is 19.5. The minimum atomic E-state index is -0.102. The van der Waals surface area contributed by atoms with Crippen LogP contribution in [0, 0.1) is 0 Å². The molecule has 3 heterocycles. The highest BCUT2D eigenvalue weighted by Gasteiger charge is 2.29. The van der Waals surface area contributed by atoms with E-state index in [1.54, 1.807) is 12.4 Å². The fourth-order valence-electron chi connectivity index (χ4n) is 4.03. The van der Waals surface area contributed by atoms with Gasteiger partial charge in [-0.15, -0.1) is 0 Å². The molecule has 0 aliphatic carbocycles. The molecule has 1 aromatic heterocycles. The highest BCUT2D eigenvalue weighted by atomic mass is 35.5. The normalized spacial score (nSPS) is 22.2. The van der Waals surface area contributed by atoms with E-state index in [-0.39, 0.29) is 18.1 Å². The van der Waals surface area contributed by atoms with Gasteiger partial charge in [0.1, 0.15) is 18.2 Å². The third-order valence-electron chi connectivity index (χ3n) is 5.57. The van der Waals surface area contributed by atoms with Gasteiger partial charge in [0.15, 0.2) is 0 Å². The Balaban J connectivity index is 1.40. The van der Waals surface area contributed by atoms with Gasteiger partial charge in [-0.05, 0) is 44.1 Å². The number of ether oxygens (including phenoxy) is 1. The smallest absolute Gasteiger partial charge is 0.237 e. The third-order valence-corrected chi connectivity index (χ3v) is 5.85. The zero-order valence-electron chi connectivity index (χ0n) is 16.0. The molecule has 2 aromatic rings. The van der Waals surface area contributed by atoms with E-state index in [4.69, 9.17) is 16.3 Å². The van der Waals surface area contributed by atoms with E-state index in [0.717, 1.165) is 48.9 Å². The van der Waals surface area contributed by atoms with E-state index in [1.807, 2.05) is 13.1 Å². The summed E-state index contributed by atoms with van der Waals surface area (Å²) in [4.78, 5) is 22.9. The number of likely N-dealkylation sites (tertiary alicyclic amines) is 1. The van der Waals surface area contributed by atoms with Crippen molar-refractivity contribution in [2.45, 2.75) is 44.2 Å². The lowest BCUT2D eigenvalue weighted by Crippen LogP contribution is -2.47. The highest BCUT2D eigenvalue weighted by molar-refractivity contribution is 6.32. The van der Waals surface area contributed by atoms with Crippen molar-refractivity contribution < 1.29 is 9.53 Å². The van der Waals surface area contributed by atoms with Gasteiger partial charge < -0.3 is 10.1 Å². The minimum absolute atomic E-state index is 0.0421. The summed E-state index contributed by atoms with van der Waals surface area (Å²) in [7, 11) is 2.03. The molecule has 2 aliphatic rings. The number of amides is 1. The number of carbonyl (C=O) groups is 1. The molecule has 0 bridgehead atoms. The Hall–Kier alpha value is -2.18. The summed E-state index contributed by atoms with van der Waals surface area (Å²) < 4.78 is 6.03. The first-order valence-electron chi connectivity index (χ1n) is 9.84. The van der Waals surface area contributed by atoms with Gasteiger partial charge in [-0.25, -0.2) is 9.97 Å². The van der Waals surface area contributed by atoms with E-state index in [1.165, 1.54) is 12.7 Å². The molecule has 1 aromatic carbocycles. The van der Waals surface area contributed by atoms with Gasteiger partial charge in [-0.2, -0.15) is 0 Å². The Morgan fingerprint density at radius 1 is 1.25 bits per heavy atom. The Morgan fingerprint density at radius 2 is 2.07 bits per heavy atom. The third kappa shape index (κ3) is 4.13. The molecule has 1 amide bonds. The summed E-state index contributed by atoms with van der Waals surface area (Å²) in [5, 5.41) is 3.66. The van der Waals surface area contributed by atoms with Crippen LogP contribution in [0.1, 0.15) is 31.2 Å². The number of benzene rings is 1. The van der Waals surface area contributed by atoms with Crippen LogP contribution in [0.25, 0.3) is 11.1 Å². The van der Waals surface area contributed by atoms with Crippen LogP contribution in [0.5, 0.6) is 5.75 Å². The van der Waals surface area contributed by atoms with Crippen molar-refractivity contribution in [1.82, 2.24) is 20.2 Å². The van der Waals surface area contributed by atoms with Crippen molar-refractivity contribution in [2.75, 3.05) is 20.1 Å². The second-order valence-corrected chi connectivity index (χ2v) is 8.02. The van der Waals surface area contributed by atoms with Crippen LogP contribution in [0.3, 0.4) is 0 Å². The van der Waals surface area contributed by atoms with Crippen molar-refractivity contribution >= 4 is 17.5 Å². The molecular formula is C21H25ClN4O2. The van der Waals surface area contributed by atoms with Crippen molar-refractivity contribution in [3.8, 4) is 16.9 Å². The van der Waals surface area contributed by atoms with Gasteiger partial charge in [-0.1, -0.05) is 24.4 Å². The number of likely N-dealkylation sites (N-methyl/N-ethyl adjacent to an activating group) is 1. The Labute approximate surface area is 170 Å². The van der Waals surface area contributed by atoms with Crippen LogP contribution < -0.4 is 10.1 Å². The highest BCUT2D eigenvalue weighted by Crippen LogP contribution is 2.39. The summed E-state index contributed by atoms with van der Waals surface area (Å²) in [6.45, 7) is 1.46. The van der Waals surface area contributed by atoms with Gasteiger partial charge in [0.2, 0.25) is 5.91 Å². The van der Waals surface area contributed by atoms with Gasteiger partial charge in [0, 0.05) is 29.9 Å². The Morgan fingerprint density at radius 3 is 2.89 bits per heavy atom. The molecule has 2 unspecified atom stereocenters. The molecule has 7 heteroatoms. The van der Waals surface area contributed by atoms with E-state index in [2.05, 4.69) is 26.3 Å². The molecule has 2 atom stereocenters. The lowest BCUT2D eigenvalue weighted by Gasteiger charge is -2.25. The van der Waals surface area contributed by atoms with Crippen molar-refractivity contribution in [3.63, 3.8) is 0 Å². The molecular weight excluding hydrogens is 376 g/mol. The molecule has 1 saturated heterocycles. The number of halogens is 1. The molecule has 1 fully saturated rings. The largest absolute Gasteiger partial charge is 0.486 e. The number of hydrogen-bond donors (Lipinski definition) is 1. The molecule has 0 spiro atoms. The standard InChI is InChI=1S/C21H25ClN4O2/c1-26-6-4-2-3-5-19(26)21(27)25-12-17-8-15-7-14(9-18(22)20(15)28-17)16-10-23-13-24-11-16/h7,9-11,13,17,19H,2-6,8,12H2,1H3,(H,25,27). The number of rotatable bonds is 4. The Bertz CT molecular complexity index is 846.